The lowest BCUT2D eigenvalue weighted by Crippen LogP contribution is -2.12. The number of benzene rings is 4. The first-order chi connectivity index (χ1) is 16.6. The second-order valence-electron chi connectivity index (χ2n) is 8.24. The fourth-order valence-corrected chi connectivity index (χ4v) is 4.47. The summed E-state index contributed by atoms with van der Waals surface area (Å²) in [7, 11) is 0. The van der Waals surface area contributed by atoms with Gasteiger partial charge in [-0.3, -0.25) is 4.79 Å². The number of nitrogens with two attached hydrogens (primary N) is 1. The monoisotopic (exact) mass is 444 g/mol. The number of aromatic hydroxyl groups is 1. The van der Waals surface area contributed by atoms with Gasteiger partial charge in [-0.05, 0) is 70.8 Å². The first-order valence-electron chi connectivity index (χ1n) is 10.9. The van der Waals surface area contributed by atoms with E-state index < -0.39 is 5.91 Å². The fraction of sp³-hybridized carbons (Fsp3) is 0. The van der Waals surface area contributed by atoms with Crippen LogP contribution in [0.25, 0.3) is 55.6 Å². The number of phenols is 1. The number of hydrogen-bond donors (Lipinski definition) is 4. The molecule has 0 saturated carbocycles. The molecule has 0 radical (unpaired) electrons. The van der Waals surface area contributed by atoms with Crippen LogP contribution < -0.4 is 5.73 Å². The number of nitrogens with one attached hydrogen (secondary N) is 2. The smallest absolute Gasteiger partial charge is 0.249 e. The molecule has 0 bridgehead atoms. The van der Waals surface area contributed by atoms with Crippen LogP contribution in [0.2, 0.25) is 0 Å². The molecule has 0 aliphatic heterocycles. The number of amides is 1. The van der Waals surface area contributed by atoms with Crippen molar-refractivity contribution in [2.45, 2.75) is 0 Å². The third-order valence-corrected chi connectivity index (χ3v) is 6.09. The number of fused-ring (bicyclic) bond motifs is 2. The molecule has 2 heterocycles. The lowest BCUT2D eigenvalue weighted by Gasteiger charge is -2.10. The van der Waals surface area contributed by atoms with E-state index in [1.165, 1.54) is 0 Å². The van der Waals surface area contributed by atoms with Crippen molar-refractivity contribution in [3.63, 3.8) is 0 Å². The first kappa shape index (κ1) is 19.8. The van der Waals surface area contributed by atoms with Crippen molar-refractivity contribution in [2.24, 2.45) is 5.73 Å². The fourth-order valence-electron chi connectivity index (χ4n) is 4.47. The molecule has 6 aromatic rings. The summed E-state index contributed by atoms with van der Waals surface area (Å²) in [4.78, 5) is 23.6. The molecule has 6 rings (SSSR count). The minimum atomic E-state index is -0.466. The van der Waals surface area contributed by atoms with Gasteiger partial charge < -0.3 is 20.8 Å². The van der Waals surface area contributed by atoms with Crippen molar-refractivity contribution >= 4 is 27.8 Å². The molecule has 0 aliphatic rings. The number of primary amides is 1. The van der Waals surface area contributed by atoms with Gasteiger partial charge in [0.1, 0.15) is 11.6 Å². The highest BCUT2D eigenvalue weighted by atomic mass is 16.3. The summed E-state index contributed by atoms with van der Waals surface area (Å²) in [5, 5.41) is 10.9. The van der Waals surface area contributed by atoms with Crippen molar-refractivity contribution in [1.82, 2.24) is 15.0 Å². The minimum Gasteiger partial charge on any atom is -0.508 e. The average molecular weight is 444 g/mol. The maximum Gasteiger partial charge on any atom is 0.249 e. The molecule has 0 atom stereocenters. The highest BCUT2D eigenvalue weighted by Crippen LogP contribution is 2.35. The van der Waals surface area contributed by atoms with Gasteiger partial charge >= 0.3 is 0 Å². The maximum atomic E-state index is 12.0. The maximum absolute atomic E-state index is 12.0. The van der Waals surface area contributed by atoms with E-state index in [2.05, 4.69) is 9.97 Å². The summed E-state index contributed by atoms with van der Waals surface area (Å²) in [5.41, 5.74) is 13.3. The molecule has 2 aromatic heterocycles. The first-order valence-corrected chi connectivity index (χ1v) is 10.9. The van der Waals surface area contributed by atoms with Gasteiger partial charge in [-0.25, -0.2) is 4.98 Å². The van der Waals surface area contributed by atoms with Gasteiger partial charge in [0, 0.05) is 28.2 Å². The second-order valence-corrected chi connectivity index (χ2v) is 8.24. The Hall–Kier alpha value is -4.84. The summed E-state index contributed by atoms with van der Waals surface area (Å²) in [6, 6.07) is 26.6. The van der Waals surface area contributed by atoms with Crippen molar-refractivity contribution in [2.75, 3.05) is 0 Å². The van der Waals surface area contributed by atoms with Crippen LogP contribution in [0.4, 0.5) is 0 Å². The predicted octanol–water partition coefficient (Wildman–Crippen LogP) is 5.85. The van der Waals surface area contributed by atoms with E-state index in [-0.39, 0.29) is 5.75 Å². The topological polar surface area (TPSA) is 108 Å². The molecule has 6 heteroatoms. The summed E-state index contributed by atoms with van der Waals surface area (Å²) >= 11 is 0. The average Bonchev–Trinajstić information content (AvgIpc) is 3.50. The van der Waals surface area contributed by atoms with Crippen LogP contribution in [0, 0.1) is 0 Å². The zero-order valence-corrected chi connectivity index (χ0v) is 18.0. The number of nitrogens with zero attached hydrogens (tertiary/aromatic N) is 1. The summed E-state index contributed by atoms with van der Waals surface area (Å²) in [6.45, 7) is 0. The number of hydrogen-bond acceptors (Lipinski definition) is 3. The number of rotatable bonds is 4. The molecular formula is C28H20N4O2. The van der Waals surface area contributed by atoms with E-state index in [0.29, 0.717) is 5.56 Å². The van der Waals surface area contributed by atoms with Crippen molar-refractivity contribution < 1.29 is 9.90 Å². The Kier molecular flexibility index (Phi) is 4.45. The van der Waals surface area contributed by atoms with E-state index in [4.69, 9.17) is 10.7 Å². The number of imidazole rings is 1. The zero-order valence-electron chi connectivity index (χ0n) is 18.0. The zero-order chi connectivity index (χ0) is 23.2. The largest absolute Gasteiger partial charge is 0.508 e. The molecule has 6 nitrogen and oxygen atoms in total. The minimum absolute atomic E-state index is 0.228. The van der Waals surface area contributed by atoms with Crippen LogP contribution >= 0.6 is 0 Å². The third kappa shape index (κ3) is 3.29. The lowest BCUT2D eigenvalue weighted by molar-refractivity contribution is 0.100. The highest BCUT2D eigenvalue weighted by Gasteiger charge is 2.16. The van der Waals surface area contributed by atoms with E-state index in [1.54, 1.807) is 24.3 Å². The number of aromatic nitrogens is 3. The molecule has 4 aromatic carbocycles. The molecule has 1 amide bonds. The van der Waals surface area contributed by atoms with Gasteiger partial charge in [0.25, 0.3) is 0 Å². The van der Waals surface area contributed by atoms with E-state index in [9.17, 15) is 9.90 Å². The Bertz CT molecular complexity index is 1710. The van der Waals surface area contributed by atoms with Crippen LogP contribution in [-0.4, -0.2) is 26.0 Å². The Labute approximate surface area is 194 Å². The van der Waals surface area contributed by atoms with Crippen molar-refractivity contribution in [1.29, 1.82) is 0 Å². The number of H-pyrrole nitrogens is 2. The standard InChI is InChI=1S/C28H20N4O2/c29-27(34)22-7-2-1-6-20(22)18-13-23(21-10-11-30-25(21)15-18)28-31-24-9-8-17(14-26(24)32-28)16-4-3-5-19(33)12-16/h1-15,30,33H,(H2,29,34)(H,31,32). The van der Waals surface area contributed by atoms with Gasteiger partial charge in [-0.2, -0.15) is 0 Å². The lowest BCUT2D eigenvalue weighted by atomic mass is 9.96. The molecular weight excluding hydrogens is 424 g/mol. The van der Waals surface area contributed by atoms with Gasteiger partial charge in [-0.1, -0.05) is 36.4 Å². The van der Waals surface area contributed by atoms with Gasteiger partial charge in [0.2, 0.25) is 5.91 Å². The summed E-state index contributed by atoms with van der Waals surface area (Å²) < 4.78 is 0. The molecule has 0 spiro atoms. The summed E-state index contributed by atoms with van der Waals surface area (Å²) in [5.74, 6) is 0.490. The van der Waals surface area contributed by atoms with Gasteiger partial charge in [-0.15, -0.1) is 0 Å². The number of carbonyl (C=O) groups is 1. The van der Waals surface area contributed by atoms with Crippen LogP contribution in [0.3, 0.4) is 0 Å². The molecule has 164 valence electrons. The number of phenolic OH excluding ortho intramolecular Hbond substituents is 1. The Morgan fingerprint density at radius 1 is 0.794 bits per heavy atom. The highest BCUT2D eigenvalue weighted by molar-refractivity contribution is 6.03. The normalized spacial score (nSPS) is 11.3. The van der Waals surface area contributed by atoms with Crippen LogP contribution in [0.5, 0.6) is 5.75 Å². The Morgan fingerprint density at radius 3 is 2.47 bits per heavy atom. The van der Waals surface area contributed by atoms with Crippen molar-refractivity contribution in [3.8, 4) is 39.4 Å². The SMILES string of the molecule is NC(=O)c1ccccc1-c1cc(-c2nc3ccc(-c4cccc(O)c4)cc3[nH]2)c2cc[nH]c2c1. The molecule has 34 heavy (non-hydrogen) atoms. The van der Waals surface area contributed by atoms with Crippen molar-refractivity contribution in [3.05, 3.63) is 96.7 Å². The summed E-state index contributed by atoms with van der Waals surface area (Å²) in [6.07, 6.45) is 1.89. The van der Waals surface area contributed by atoms with E-state index in [1.807, 2.05) is 66.9 Å². The molecule has 0 unspecified atom stereocenters. The van der Waals surface area contributed by atoms with Crippen LogP contribution in [0.1, 0.15) is 10.4 Å². The second kappa shape index (κ2) is 7.64. The number of carbonyl (C=O) groups excluding carboxylic acids is 1. The van der Waals surface area contributed by atoms with E-state index >= 15 is 0 Å². The third-order valence-electron chi connectivity index (χ3n) is 6.09. The quantitative estimate of drug-likeness (QED) is 0.274. The number of aromatic amines is 2. The molecule has 5 N–H and O–H groups in total. The Balaban J connectivity index is 1.52. The van der Waals surface area contributed by atoms with Gasteiger partial charge in [0.05, 0.1) is 11.0 Å². The molecule has 0 saturated heterocycles. The van der Waals surface area contributed by atoms with Crippen LogP contribution in [0.15, 0.2) is 91.1 Å². The van der Waals surface area contributed by atoms with Crippen LogP contribution in [-0.2, 0) is 0 Å². The molecule has 0 fully saturated rings. The predicted molar refractivity (Wildman–Crippen MR) is 134 cm³/mol. The Morgan fingerprint density at radius 2 is 1.62 bits per heavy atom. The van der Waals surface area contributed by atoms with E-state index in [0.717, 1.165) is 55.6 Å². The molecule has 0 aliphatic carbocycles. The van der Waals surface area contributed by atoms with Gasteiger partial charge in [0.15, 0.2) is 0 Å².